The Morgan fingerprint density at radius 2 is 2.05 bits per heavy atom. The van der Waals surface area contributed by atoms with Crippen molar-refractivity contribution in [1.82, 2.24) is 15.5 Å². The molecule has 1 aromatic carbocycles. The minimum Gasteiger partial charge on any atom is -0.421 e. The van der Waals surface area contributed by atoms with Crippen LogP contribution in [0.15, 0.2) is 28.7 Å². The standard InChI is InChI=1S/C14H16F3N3O/c1-2-18-8-4-7-12-19-20-13(21-12)10-5-3-6-11(9-10)14(15,16)17/h3,5-6,9,18H,2,4,7-8H2,1H3. The molecule has 0 spiro atoms. The average Bonchev–Trinajstić information content (AvgIpc) is 2.92. The van der Waals surface area contributed by atoms with Crippen molar-refractivity contribution in [3.8, 4) is 11.5 Å². The number of hydrogen-bond donors (Lipinski definition) is 1. The van der Waals surface area contributed by atoms with Crippen LogP contribution in [0.4, 0.5) is 13.2 Å². The molecule has 2 rings (SSSR count). The maximum absolute atomic E-state index is 12.7. The first-order chi connectivity index (χ1) is 10.0. The Balaban J connectivity index is 2.07. The van der Waals surface area contributed by atoms with Crippen LogP contribution in [0.1, 0.15) is 24.8 Å². The number of hydrogen-bond acceptors (Lipinski definition) is 4. The molecule has 4 nitrogen and oxygen atoms in total. The zero-order valence-corrected chi connectivity index (χ0v) is 11.6. The van der Waals surface area contributed by atoms with Gasteiger partial charge in [0.2, 0.25) is 11.8 Å². The van der Waals surface area contributed by atoms with E-state index in [0.29, 0.717) is 12.3 Å². The van der Waals surface area contributed by atoms with E-state index < -0.39 is 11.7 Å². The van der Waals surface area contributed by atoms with Gasteiger partial charge in [-0.15, -0.1) is 10.2 Å². The summed E-state index contributed by atoms with van der Waals surface area (Å²) in [6.07, 6.45) is -2.96. The van der Waals surface area contributed by atoms with E-state index in [4.69, 9.17) is 4.42 Å². The lowest BCUT2D eigenvalue weighted by Crippen LogP contribution is -2.14. The summed E-state index contributed by atoms with van der Waals surface area (Å²) in [7, 11) is 0. The molecule has 1 heterocycles. The molecule has 2 aromatic rings. The molecule has 0 unspecified atom stereocenters. The van der Waals surface area contributed by atoms with Crippen LogP contribution in [0.3, 0.4) is 0 Å². The zero-order chi connectivity index (χ0) is 15.3. The molecule has 1 aromatic heterocycles. The summed E-state index contributed by atoms with van der Waals surface area (Å²) in [5.74, 6) is 0.542. The highest BCUT2D eigenvalue weighted by atomic mass is 19.4. The quantitative estimate of drug-likeness (QED) is 0.832. The number of aryl methyl sites for hydroxylation is 1. The molecule has 0 aliphatic heterocycles. The molecular formula is C14H16F3N3O. The summed E-state index contributed by atoms with van der Waals surface area (Å²) in [6.45, 7) is 3.73. The molecule has 0 bridgehead atoms. The Labute approximate surface area is 120 Å². The number of aromatic nitrogens is 2. The SMILES string of the molecule is CCNCCCc1nnc(-c2cccc(C(F)(F)F)c2)o1. The Bertz CT molecular complexity index is 581. The highest BCUT2D eigenvalue weighted by Gasteiger charge is 2.30. The molecule has 0 saturated heterocycles. The topological polar surface area (TPSA) is 51.0 Å². The van der Waals surface area contributed by atoms with Gasteiger partial charge >= 0.3 is 6.18 Å². The molecule has 0 amide bonds. The largest absolute Gasteiger partial charge is 0.421 e. The molecular weight excluding hydrogens is 283 g/mol. The van der Waals surface area contributed by atoms with Crippen LogP contribution >= 0.6 is 0 Å². The molecule has 21 heavy (non-hydrogen) atoms. The fourth-order valence-corrected chi connectivity index (χ4v) is 1.84. The predicted molar refractivity (Wildman–Crippen MR) is 71.6 cm³/mol. The third-order valence-electron chi connectivity index (χ3n) is 2.90. The van der Waals surface area contributed by atoms with Gasteiger partial charge in [-0.25, -0.2) is 0 Å². The van der Waals surface area contributed by atoms with Crippen molar-refractivity contribution in [2.45, 2.75) is 25.9 Å². The van der Waals surface area contributed by atoms with E-state index in [0.717, 1.165) is 31.6 Å². The van der Waals surface area contributed by atoms with Crippen LogP contribution < -0.4 is 5.32 Å². The summed E-state index contributed by atoms with van der Waals surface area (Å²) in [4.78, 5) is 0. The van der Waals surface area contributed by atoms with Gasteiger partial charge in [0.25, 0.3) is 0 Å². The minimum absolute atomic E-state index is 0.111. The maximum Gasteiger partial charge on any atom is 0.416 e. The number of rotatable bonds is 6. The van der Waals surface area contributed by atoms with Gasteiger partial charge in [0.1, 0.15) is 0 Å². The fourth-order valence-electron chi connectivity index (χ4n) is 1.84. The lowest BCUT2D eigenvalue weighted by molar-refractivity contribution is -0.137. The Kier molecular flexibility index (Phi) is 4.95. The van der Waals surface area contributed by atoms with Gasteiger partial charge in [0, 0.05) is 12.0 Å². The molecule has 0 radical (unpaired) electrons. The second kappa shape index (κ2) is 6.71. The van der Waals surface area contributed by atoms with Crippen molar-refractivity contribution in [3.05, 3.63) is 35.7 Å². The molecule has 0 aliphatic carbocycles. The molecule has 0 saturated carbocycles. The molecule has 0 aliphatic rings. The van der Waals surface area contributed by atoms with Crippen molar-refractivity contribution in [3.63, 3.8) is 0 Å². The molecule has 7 heteroatoms. The van der Waals surface area contributed by atoms with Crippen LogP contribution in [0.25, 0.3) is 11.5 Å². The van der Waals surface area contributed by atoms with E-state index in [2.05, 4.69) is 15.5 Å². The van der Waals surface area contributed by atoms with Crippen LogP contribution in [-0.4, -0.2) is 23.3 Å². The summed E-state index contributed by atoms with van der Waals surface area (Å²) in [6, 6.07) is 4.87. The van der Waals surface area contributed by atoms with Gasteiger partial charge in [0.15, 0.2) is 0 Å². The molecule has 0 atom stereocenters. The van der Waals surface area contributed by atoms with Crippen molar-refractivity contribution in [1.29, 1.82) is 0 Å². The normalized spacial score (nSPS) is 11.8. The van der Waals surface area contributed by atoms with Crippen molar-refractivity contribution in [2.24, 2.45) is 0 Å². The number of benzene rings is 1. The van der Waals surface area contributed by atoms with Gasteiger partial charge in [-0.3, -0.25) is 0 Å². The summed E-state index contributed by atoms with van der Waals surface area (Å²) >= 11 is 0. The highest BCUT2D eigenvalue weighted by molar-refractivity contribution is 5.54. The summed E-state index contributed by atoms with van der Waals surface area (Å²) in [5, 5.41) is 10.8. The van der Waals surface area contributed by atoms with E-state index in [1.165, 1.54) is 12.1 Å². The highest BCUT2D eigenvalue weighted by Crippen LogP contribution is 2.31. The first-order valence-corrected chi connectivity index (χ1v) is 6.71. The number of alkyl halides is 3. The second-order valence-corrected chi connectivity index (χ2v) is 4.54. The smallest absolute Gasteiger partial charge is 0.416 e. The average molecular weight is 299 g/mol. The lowest BCUT2D eigenvalue weighted by atomic mass is 10.1. The zero-order valence-electron chi connectivity index (χ0n) is 11.6. The summed E-state index contributed by atoms with van der Waals surface area (Å²) < 4.78 is 43.4. The molecule has 1 N–H and O–H groups in total. The van der Waals surface area contributed by atoms with Gasteiger partial charge in [-0.05, 0) is 37.7 Å². The van der Waals surface area contributed by atoms with E-state index in [1.807, 2.05) is 6.92 Å². The monoisotopic (exact) mass is 299 g/mol. The first kappa shape index (κ1) is 15.5. The molecule has 114 valence electrons. The van der Waals surface area contributed by atoms with Gasteiger partial charge in [-0.1, -0.05) is 13.0 Å². The predicted octanol–water partition coefficient (Wildman–Crippen LogP) is 3.30. The van der Waals surface area contributed by atoms with Crippen molar-refractivity contribution < 1.29 is 17.6 Å². The minimum atomic E-state index is -4.38. The lowest BCUT2D eigenvalue weighted by Gasteiger charge is -2.06. The van der Waals surface area contributed by atoms with Gasteiger partial charge in [-0.2, -0.15) is 13.2 Å². The van der Waals surface area contributed by atoms with E-state index >= 15 is 0 Å². The Morgan fingerprint density at radius 1 is 1.24 bits per heavy atom. The van der Waals surface area contributed by atoms with Gasteiger partial charge in [0.05, 0.1) is 5.56 Å². The second-order valence-electron chi connectivity index (χ2n) is 4.54. The fraction of sp³-hybridized carbons (Fsp3) is 0.429. The molecule has 0 fully saturated rings. The van der Waals surface area contributed by atoms with Crippen molar-refractivity contribution in [2.75, 3.05) is 13.1 Å². The summed E-state index contributed by atoms with van der Waals surface area (Å²) in [5.41, 5.74) is -0.456. The van der Waals surface area contributed by atoms with Crippen LogP contribution in [-0.2, 0) is 12.6 Å². The van der Waals surface area contributed by atoms with Gasteiger partial charge < -0.3 is 9.73 Å². The number of nitrogens with zero attached hydrogens (tertiary/aromatic N) is 2. The number of halogens is 3. The number of nitrogens with one attached hydrogen (secondary N) is 1. The Hall–Kier alpha value is -1.89. The third kappa shape index (κ3) is 4.29. The van der Waals surface area contributed by atoms with E-state index in [1.54, 1.807) is 0 Å². The van der Waals surface area contributed by atoms with E-state index in [-0.39, 0.29) is 11.5 Å². The maximum atomic E-state index is 12.7. The van der Waals surface area contributed by atoms with Crippen molar-refractivity contribution >= 4 is 0 Å². The van der Waals surface area contributed by atoms with Crippen LogP contribution in [0.5, 0.6) is 0 Å². The Morgan fingerprint density at radius 3 is 2.76 bits per heavy atom. The first-order valence-electron chi connectivity index (χ1n) is 6.71. The van der Waals surface area contributed by atoms with Crippen LogP contribution in [0.2, 0.25) is 0 Å². The third-order valence-corrected chi connectivity index (χ3v) is 2.90. The van der Waals surface area contributed by atoms with E-state index in [9.17, 15) is 13.2 Å². The van der Waals surface area contributed by atoms with Crippen LogP contribution in [0, 0.1) is 0 Å².